The molecule has 2 aliphatic rings. The Hall–Kier alpha value is -2.70. The van der Waals surface area contributed by atoms with Crippen molar-refractivity contribution in [1.82, 2.24) is 10.2 Å². The van der Waals surface area contributed by atoms with E-state index < -0.39 is 30.4 Å². The van der Waals surface area contributed by atoms with Crippen molar-refractivity contribution in [3.8, 4) is 0 Å². The standard InChI is InChI=1S/C23H30N2O5/c1-4-14(2)20(25-21(27)16-10-6-7-11-17(16)22(25)28)23(29)30-13-19(26)24-18-12-8-5-9-15(18)3/h6-7,10-11,14-15,18,20H,4-5,8-9,12-13H2,1-3H3,(H,24,26)/t14-,15-,18+,20-/m0/s1. The van der Waals surface area contributed by atoms with Crippen LogP contribution in [0.5, 0.6) is 0 Å². The van der Waals surface area contributed by atoms with Gasteiger partial charge in [0.05, 0.1) is 11.1 Å². The topological polar surface area (TPSA) is 92.8 Å². The molecule has 3 rings (SSSR count). The largest absolute Gasteiger partial charge is 0.454 e. The summed E-state index contributed by atoms with van der Waals surface area (Å²) in [4.78, 5) is 51.8. The summed E-state index contributed by atoms with van der Waals surface area (Å²) in [5.41, 5.74) is 0.570. The number of rotatable bonds is 7. The molecule has 1 saturated carbocycles. The number of carbonyl (C=O) groups is 4. The molecule has 0 aromatic heterocycles. The van der Waals surface area contributed by atoms with E-state index in [1.807, 2.05) is 6.92 Å². The molecule has 0 unspecified atom stereocenters. The zero-order chi connectivity index (χ0) is 21.8. The minimum Gasteiger partial charge on any atom is -0.454 e. The molecule has 1 aliphatic carbocycles. The number of nitrogens with zero attached hydrogens (tertiary/aromatic N) is 1. The first kappa shape index (κ1) is 22.0. The zero-order valence-corrected chi connectivity index (χ0v) is 17.8. The van der Waals surface area contributed by atoms with Gasteiger partial charge < -0.3 is 10.1 Å². The maximum atomic E-state index is 12.9. The van der Waals surface area contributed by atoms with Gasteiger partial charge in [-0.15, -0.1) is 0 Å². The molecule has 4 atom stereocenters. The van der Waals surface area contributed by atoms with Gasteiger partial charge in [0.2, 0.25) is 0 Å². The first-order chi connectivity index (χ1) is 14.3. The Balaban J connectivity index is 1.67. The van der Waals surface area contributed by atoms with Crippen LogP contribution in [0.1, 0.15) is 73.6 Å². The molecule has 0 saturated heterocycles. The van der Waals surface area contributed by atoms with E-state index in [0.29, 0.717) is 12.3 Å². The second-order valence-corrected chi connectivity index (χ2v) is 8.40. The highest BCUT2D eigenvalue weighted by atomic mass is 16.5. The highest BCUT2D eigenvalue weighted by Gasteiger charge is 2.45. The lowest BCUT2D eigenvalue weighted by Gasteiger charge is -2.30. The van der Waals surface area contributed by atoms with Crippen LogP contribution in [0.15, 0.2) is 24.3 Å². The summed E-state index contributed by atoms with van der Waals surface area (Å²) >= 11 is 0. The van der Waals surface area contributed by atoms with Crippen LogP contribution in [0.3, 0.4) is 0 Å². The maximum Gasteiger partial charge on any atom is 0.330 e. The maximum absolute atomic E-state index is 12.9. The Bertz CT molecular complexity index is 802. The van der Waals surface area contributed by atoms with E-state index in [4.69, 9.17) is 4.74 Å². The number of nitrogens with one attached hydrogen (secondary N) is 1. The van der Waals surface area contributed by atoms with Crippen molar-refractivity contribution >= 4 is 23.7 Å². The third-order valence-corrected chi connectivity index (χ3v) is 6.33. The molecule has 1 aromatic rings. The van der Waals surface area contributed by atoms with Crippen LogP contribution in [0.2, 0.25) is 0 Å². The van der Waals surface area contributed by atoms with Gasteiger partial charge in [0.25, 0.3) is 17.7 Å². The van der Waals surface area contributed by atoms with Gasteiger partial charge in [-0.25, -0.2) is 4.79 Å². The van der Waals surface area contributed by atoms with Crippen LogP contribution in [-0.2, 0) is 14.3 Å². The zero-order valence-electron chi connectivity index (χ0n) is 17.8. The van der Waals surface area contributed by atoms with Crippen molar-refractivity contribution in [3.05, 3.63) is 35.4 Å². The minimum absolute atomic E-state index is 0.0894. The normalized spacial score (nSPS) is 23.0. The van der Waals surface area contributed by atoms with Crippen LogP contribution >= 0.6 is 0 Å². The van der Waals surface area contributed by atoms with Crippen LogP contribution < -0.4 is 5.32 Å². The molecule has 0 bridgehead atoms. The van der Waals surface area contributed by atoms with Gasteiger partial charge in [0.1, 0.15) is 6.04 Å². The van der Waals surface area contributed by atoms with E-state index in [9.17, 15) is 19.2 Å². The van der Waals surface area contributed by atoms with E-state index in [-0.39, 0.29) is 29.0 Å². The number of benzene rings is 1. The molecule has 1 aromatic carbocycles. The lowest BCUT2D eigenvalue weighted by molar-refractivity contribution is -0.154. The van der Waals surface area contributed by atoms with Crippen molar-refractivity contribution in [2.24, 2.45) is 11.8 Å². The smallest absolute Gasteiger partial charge is 0.330 e. The molecular formula is C23H30N2O5. The molecule has 1 N–H and O–H groups in total. The lowest BCUT2D eigenvalue weighted by Crippen LogP contribution is -2.50. The summed E-state index contributed by atoms with van der Waals surface area (Å²) in [6.07, 6.45) is 4.80. The van der Waals surface area contributed by atoms with Gasteiger partial charge >= 0.3 is 5.97 Å². The summed E-state index contributed by atoms with van der Waals surface area (Å²) in [5, 5.41) is 2.94. The number of hydrogen-bond donors (Lipinski definition) is 1. The minimum atomic E-state index is -1.07. The molecular weight excluding hydrogens is 384 g/mol. The van der Waals surface area contributed by atoms with E-state index in [0.717, 1.165) is 24.2 Å². The first-order valence-electron chi connectivity index (χ1n) is 10.8. The average molecular weight is 415 g/mol. The van der Waals surface area contributed by atoms with Crippen molar-refractivity contribution in [3.63, 3.8) is 0 Å². The van der Waals surface area contributed by atoms with Crippen molar-refractivity contribution in [2.75, 3.05) is 6.61 Å². The number of amides is 3. The highest BCUT2D eigenvalue weighted by molar-refractivity contribution is 6.22. The molecule has 3 amide bonds. The van der Waals surface area contributed by atoms with Crippen molar-refractivity contribution < 1.29 is 23.9 Å². The summed E-state index contributed by atoms with van der Waals surface area (Å²) in [6, 6.07) is 5.54. The summed E-state index contributed by atoms with van der Waals surface area (Å²) in [7, 11) is 0. The van der Waals surface area contributed by atoms with Gasteiger partial charge in [0, 0.05) is 6.04 Å². The molecule has 1 aliphatic heterocycles. The van der Waals surface area contributed by atoms with Gasteiger partial charge in [-0.3, -0.25) is 19.3 Å². The number of hydrogen-bond acceptors (Lipinski definition) is 5. The van der Waals surface area contributed by atoms with Gasteiger partial charge in [0.15, 0.2) is 6.61 Å². The Morgan fingerprint density at radius 2 is 1.73 bits per heavy atom. The van der Waals surface area contributed by atoms with Crippen LogP contribution in [-0.4, -0.2) is 47.3 Å². The molecule has 1 heterocycles. The molecule has 30 heavy (non-hydrogen) atoms. The number of esters is 1. The molecule has 0 spiro atoms. The molecule has 162 valence electrons. The third kappa shape index (κ3) is 4.40. The predicted molar refractivity (Wildman–Crippen MR) is 111 cm³/mol. The van der Waals surface area contributed by atoms with E-state index in [1.165, 1.54) is 6.42 Å². The average Bonchev–Trinajstić information content (AvgIpc) is 2.99. The number of ether oxygens (including phenoxy) is 1. The Morgan fingerprint density at radius 3 is 2.30 bits per heavy atom. The lowest BCUT2D eigenvalue weighted by atomic mass is 9.86. The first-order valence-corrected chi connectivity index (χ1v) is 10.8. The molecule has 7 nitrogen and oxygen atoms in total. The summed E-state index contributed by atoms with van der Waals surface area (Å²) < 4.78 is 5.28. The Labute approximate surface area is 177 Å². The van der Waals surface area contributed by atoms with E-state index in [2.05, 4.69) is 12.2 Å². The molecule has 7 heteroatoms. The molecule has 0 radical (unpaired) electrons. The summed E-state index contributed by atoms with van der Waals surface area (Å²) in [5.74, 6) is -2.00. The van der Waals surface area contributed by atoms with Crippen LogP contribution in [0.25, 0.3) is 0 Å². The predicted octanol–water partition coefficient (Wildman–Crippen LogP) is 2.94. The second-order valence-electron chi connectivity index (χ2n) is 8.40. The highest BCUT2D eigenvalue weighted by Crippen LogP contribution is 2.29. The van der Waals surface area contributed by atoms with Crippen LogP contribution in [0, 0.1) is 11.8 Å². The van der Waals surface area contributed by atoms with Gasteiger partial charge in [-0.05, 0) is 36.8 Å². The number of imide groups is 1. The fourth-order valence-electron chi connectivity index (χ4n) is 4.28. The number of fused-ring (bicyclic) bond motifs is 1. The third-order valence-electron chi connectivity index (χ3n) is 6.33. The fraction of sp³-hybridized carbons (Fsp3) is 0.565. The Morgan fingerprint density at radius 1 is 1.13 bits per heavy atom. The van der Waals surface area contributed by atoms with Crippen molar-refractivity contribution in [2.45, 2.75) is 65.0 Å². The van der Waals surface area contributed by atoms with Gasteiger partial charge in [-0.1, -0.05) is 52.2 Å². The van der Waals surface area contributed by atoms with Gasteiger partial charge in [-0.2, -0.15) is 0 Å². The quantitative estimate of drug-likeness (QED) is 0.547. The Kier molecular flexibility index (Phi) is 6.90. The SMILES string of the molecule is CC[C@H](C)[C@@H](C(=O)OCC(=O)N[C@@H]1CCCC[C@@H]1C)N1C(=O)c2ccccc2C1=O. The number of carbonyl (C=O) groups excluding carboxylic acids is 4. The monoisotopic (exact) mass is 414 g/mol. The van der Waals surface area contributed by atoms with Crippen molar-refractivity contribution in [1.29, 1.82) is 0 Å². The molecule has 1 fully saturated rings. The van der Waals surface area contributed by atoms with E-state index in [1.54, 1.807) is 31.2 Å². The summed E-state index contributed by atoms with van der Waals surface area (Å²) in [6.45, 7) is 5.36. The van der Waals surface area contributed by atoms with E-state index >= 15 is 0 Å². The van der Waals surface area contributed by atoms with Crippen LogP contribution in [0.4, 0.5) is 0 Å². The fourth-order valence-corrected chi connectivity index (χ4v) is 4.28. The second kappa shape index (κ2) is 9.41.